The summed E-state index contributed by atoms with van der Waals surface area (Å²) >= 11 is 1.44. The number of esters is 1. The van der Waals surface area contributed by atoms with E-state index in [4.69, 9.17) is 9.72 Å². The fourth-order valence-corrected chi connectivity index (χ4v) is 5.06. The third-order valence-electron chi connectivity index (χ3n) is 5.68. The van der Waals surface area contributed by atoms with Gasteiger partial charge in [-0.05, 0) is 35.0 Å². The van der Waals surface area contributed by atoms with E-state index in [-0.39, 0.29) is 11.4 Å². The molecule has 0 bridgehead atoms. The Balaban J connectivity index is 1.41. The first kappa shape index (κ1) is 18.7. The van der Waals surface area contributed by atoms with E-state index < -0.39 is 5.97 Å². The third-order valence-corrected chi connectivity index (χ3v) is 6.64. The van der Waals surface area contributed by atoms with E-state index in [1.54, 1.807) is 18.2 Å². The first-order chi connectivity index (χ1) is 15.6. The lowest BCUT2D eigenvalue weighted by Gasteiger charge is -2.17. The van der Waals surface area contributed by atoms with Gasteiger partial charge >= 0.3 is 5.97 Å². The number of aryl methyl sites for hydroxylation is 1. The van der Waals surface area contributed by atoms with Crippen LogP contribution in [0.15, 0.2) is 78.4 Å². The van der Waals surface area contributed by atoms with Crippen molar-refractivity contribution in [1.82, 2.24) is 9.55 Å². The summed E-state index contributed by atoms with van der Waals surface area (Å²) in [5.74, 6) is 0.229. The van der Waals surface area contributed by atoms with Gasteiger partial charge in [0.05, 0.1) is 11.1 Å². The van der Waals surface area contributed by atoms with E-state index in [9.17, 15) is 9.59 Å². The van der Waals surface area contributed by atoms with Crippen LogP contribution in [0.4, 0.5) is 0 Å². The molecule has 0 spiro atoms. The zero-order valence-electron chi connectivity index (χ0n) is 17.0. The lowest BCUT2D eigenvalue weighted by atomic mass is 9.96. The Bertz CT molecular complexity index is 1590. The van der Waals surface area contributed by atoms with Gasteiger partial charge in [0, 0.05) is 17.5 Å². The highest BCUT2D eigenvalue weighted by atomic mass is 32.1. The Morgan fingerprint density at radius 3 is 2.41 bits per heavy atom. The number of hydrogen-bond donors (Lipinski definition) is 0. The first-order valence-corrected chi connectivity index (χ1v) is 10.9. The zero-order chi connectivity index (χ0) is 21.8. The molecule has 0 aliphatic carbocycles. The van der Waals surface area contributed by atoms with Crippen molar-refractivity contribution >= 4 is 50.3 Å². The second-order valence-corrected chi connectivity index (χ2v) is 8.73. The molecule has 0 saturated heterocycles. The Labute approximate surface area is 187 Å². The molecule has 6 heteroatoms. The average Bonchev–Trinajstić information content (AvgIpc) is 3.34. The number of thiophene rings is 1. The van der Waals surface area contributed by atoms with Crippen molar-refractivity contribution in [3.05, 3.63) is 88.8 Å². The van der Waals surface area contributed by atoms with Gasteiger partial charge in [0.15, 0.2) is 0 Å². The minimum absolute atomic E-state index is 0.0302. The van der Waals surface area contributed by atoms with Crippen LogP contribution in [0.1, 0.15) is 15.2 Å². The number of carbonyl (C=O) groups excluding carboxylic acids is 2. The summed E-state index contributed by atoms with van der Waals surface area (Å²) in [5.41, 5.74) is 2.42. The van der Waals surface area contributed by atoms with Crippen LogP contribution < -0.4 is 4.74 Å². The fourth-order valence-electron chi connectivity index (χ4n) is 4.05. The predicted molar refractivity (Wildman–Crippen MR) is 126 cm³/mol. The number of aromatic nitrogens is 2. The van der Waals surface area contributed by atoms with Gasteiger partial charge in [-0.3, -0.25) is 4.79 Å². The number of hydrogen-bond acceptors (Lipinski definition) is 5. The quantitative estimate of drug-likeness (QED) is 0.155. The van der Waals surface area contributed by atoms with Crippen molar-refractivity contribution in [2.45, 2.75) is 0 Å². The molecule has 0 saturated carbocycles. The molecule has 1 aliphatic rings. The average molecular weight is 436 g/mol. The van der Waals surface area contributed by atoms with Gasteiger partial charge in [0.25, 0.3) is 0 Å². The normalized spacial score (nSPS) is 14.8. The number of imidazole rings is 1. The second-order valence-electron chi connectivity index (χ2n) is 7.67. The lowest BCUT2D eigenvalue weighted by Crippen LogP contribution is -2.25. The molecule has 0 atom stereocenters. The summed E-state index contributed by atoms with van der Waals surface area (Å²) in [6.07, 6.45) is 1.61. The summed E-state index contributed by atoms with van der Waals surface area (Å²) in [6, 6.07) is 23.1. The molecule has 0 radical (unpaired) electrons. The van der Waals surface area contributed by atoms with Gasteiger partial charge in [-0.2, -0.15) is 0 Å². The van der Waals surface area contributed by atoms with Crippen molar-refractivity contribution < 1.29 is 14.3 Å². The van der Waals surface area contributed by atoms with E-state index in [1.165, 1.54) is 11.3 Å². The smallest absolute Gasteiger partial charge is 0.347 e. The zero-order valence-corrected chi connectivity index (χ0v) is 17.8. The van der Waals surface area contributed by atoms with Crippen LogP contribution in [0.5, 0.6) is 5.75 Å². The molecule has 5 nitrogen and oxygen atoms in total. The second kappa shape index (κ2) is 7.00. The van der Waals surface area contributed by atoms with Crippen molar-refractivity contribution in [3.63, 3.8) is 0 Å². The lowest BCUT2D eigenvalue weighted by molar-refractivity contribution is -0.130. The van der Waals surface area contributed by atoms with Crippen molar-refractivity contribution in [3.8, 4) is 17.1 Å². The largest absolute Gasteiger partial charge is 0.422 e. The topological polar surface area (TPSA) is 61.2 Å². The van der Waals surface area contributed by atoms with Crippen LogP contribution in [-0.2, 0) is 11.8 Å². The Morgan fingerprint density at radius 1 is 0.938 bits per heavy atom. The van der Waals surface area contributed by atoms with Gasteiger partial charge in [-0.15, -0.1) is 11.3 Å². The molecule has 154 valence electrons. The maximum atomic E-state index is 13.1. The minimum Gasteiger partial charge on any atom is -0.422 e. The Hall–Kier alpha value is -4.03. The van der Waals surface area contributed by atoms with Crippen LogP contribution in [-0.4, -0.2) is 21.3 Å². The van der Waals surface area contributed by atoms with Crippen LogP contribution in [0.2, 0.25) is 0 Å². The number of benzene rings is 3. The van der Waals surface area contributed by atoms with Crippen LogP contribution >= 0.6 is 11.3 Å². The molecular weight excluding hydrogens is 420 g/mol. The number of ether oxygens (including phenoxy) is 1. The highest BCUT2D eigenvalue weighted by Crippen LogP contribution is 2.35. The monoisotopic (exact) mass is 436 g/mol. The van der Waals surface area contributed by atoms with Crippen LogP contribution in [0.3, 0.4) is 0 Å². The maximum Gasteiger partial charge on any atom is 0.347 e. The van der Waals surface area contributed by atoms with Crippen LogP contribution in [0, 0.1) is 0 Å². The van der Waals surface area contributed by atoms with Crippen molar-refractivity contribution in [2.75, 3.05) is 0 Å². The molecule has 2 aromatic heterocycles. The molecule has 6 rings (SSSR count). The third kappa shape index (κ3) is 2.88. The van der Waals surface area contributed by atoms with Gasteiger partial charge in [0.1, 0.15) is 22.0 Å². The summed E-state index contributed by atoms with van der Waals surface area (Å²) in [7, 11) is 1.96. The van der Waals surface area contributed by atoms with E-state index in [0.717, 1.165) is 37.4 Å². The highest BCUT2D eigenvalue weighted by Gasteiger charge is 2.31. The summed E-state index contributed by atoms with van der Waals surface area (Å²) in [5, 5.41) is 1.85. The van der Waals surface area contributed by atoms with E-state index in [1.807, 2.05) is 72.3 Å². The summed E-state index contributed by atoms with van der Waals surface area (Å²) in [6.45, 7) is 0. The summed E-state index contributed by atoms with van der Waals surface area (Å²) in [4.78, 5) is 32.2. The van der Waals surface area contributed by atoms with Crippen molar-refractivity contribution in [2.24, 2.45) is 7.05 Å². The summed E-state index contributed by atoms with van der Waals surface area (Å²) < 4.78 is 7.53. The first-order valence-electron chi connectivity index (χ1n) is 10.1. The molecule has 0 unspecified atom stereocenters. The number of rotatable bonds is 2. The molecule has 0 fully saturated rings. The molecule has 0 amide bonds. The van der Waals surface area contributed by atoms with Gasteiger partial charge < -0.3 is 9.30 Å². The molecule has 3 heterocycles. The van der Waals surface area contributed by atoms with Gasteiger partial charge in [-0.25, -0.2) is 9.78 Å². The number of carbonyl (C=O) groups is 2. The number of fused-ring (bicyclic) bond motifs is 3. The number of nitrogens with zero attached hydrogens (tertiary/aromatic N) is 2. The Kier molecular flexibility index (Phi) is 4.10. The predicted octanol–water partition coefficient (Wildman–Crippen LogP) is 5.64. The van der Waals surface area contributed by atoms with E-state index in [2.05, 4.69) is 0 Å². The molecule has 0 N–H and O–H groups in total. The van der Waals surface area contributed by atoms with E-state index >= 15 is 0 Å². The maximum absolute atomic E-state index is 13.1. The Morgan fingerprint density at radius 2 is 1.66 bits per heavy atom. The number of Topliss-reactive ketones (excluding diaryl/α,β-unsaturated/α-hetero) is 1. The number of ketones is 1. The minimum atomic E-state index is -0.631. The van der Waals surface area contributed by atoms with E-state index in [0.29, 0.717) is 11.3 Å². The van der Waals surface area contributed by atoms with Gasteiger partial charge in [0.2, 0.25) is 5.78 Å². The van der Waals surface area contributed by atoms with Gasteiger partial charge in [-0.1, -0.05) is 54.6 Å². The molecule has 3 aromatic carbocycles. The standard InChI is InChI=1S/C26H16N2O3S/c1-28-21-14-18(32-25(21)27-24(28)15-7-3-2-4-8-15)13-20-23(29)19-11-16-9-5-6-10-17(16)12-22(19)31-26(20)30/h2-14H,1H3/b20-13-. The molecular formula is C26H16N2O3S. The van der Waals surface area contributed by atoms with Crippen molar-refractivity contribution in [1.29, 1.82) is 0 Å². The highest BCUT2D eigenvalue weighted by molar-refractivity contribution is 7.19. The fraction of sp³-hybridized carbons (Fsp3) is 0.0385. The molecule has 5 aromatic rings. The SMILES string of the molecule is Cn1c(-c2ccccc2)nc2sc(/C=C3\C(=O)Oc4cc5ccccc5cc4C3=O)cc21. The molecule has 1 aliphatic heterocycles. The van der Waals surface area contributed by atoms with Crippen LogP contribution in [0.25, 0.3) is 38.6 Å². The molecule has 32 heavy (non-hydrogen) atoms.